The van der Waals surface area contributed by atoms with Crippen LogP contribution < -0.4 is 5.32 Å². The summed E-state index contributed by atoms with van der Waals surface area (Å²) in [5.41, 5.74) is 0.999. The number of hydrogen-bond acceptors (Lipinski definition) is 6. The van der Waals surface area contributed by atoms with Crippen LogP contribution in [-0.2, 0) is 16.0 Å². The maximum absolute atomic E-state index is 12.6. The van der Waals surface area contributed by atoms with Gasteiger partial charge in [0.2, 0.25) is 5.91 Å². The van der Waals surface area contributed by atoms with Crippen LogP contribution in [0.1, 0.15) is 30.5 Å². The van der Waals surface area contributed by atoms with Crippen LogP contribution in [0.2, 0.25) is 0 Å². The normalized spacial score (nSPS) is 17.3. The van der Waals surface area contributed by atoms with E-state index in [4.69, 9.17) is 4.74 Å². The first kappa shape index (κ1) is 20.1. The number of ether oxygens (including phenoxy) is 1. The van der Waals surface area contributed by atoms with Gasteiger partial charge in [0, 0.05) is 30.1 Å². The van der Waals surface area contributed by atoms with Crippen LogP contribution in [0, 0.1) is 0 Å². The minimum atomic E-state index is -0.280. The molecule has 0 aliphatic carbocycles. The van der Waals surface area contributed by atoms with E-state index in [-0.39, 0.29) is 17.3 Å². The summed E-state index contributed by atoms with van der Waals surface area (Å²) >= 11 is 3.13. The number of amides is 1. The Morgan fingerprint density at radius 3 is 2.90 bits per heavy atom. The molecular weight excluding hydrogens is 404 g/mol. The van der Waals surface area contributed by atoms with E-state index in [0.29, 0.717) is 13.0 Å². The molecule has 152 valence electrons. The summed E-state index contributed by atoms with van der Waals surface area (Å²) in [6, 6.07) is 14.2. The van der Waals surface area contributed by atoms with Crippen molar-refractivity contribution in [2.45, 2.75) is 42.7 Å². The minimum Gasteiger partial charge on any atom is -0.376 e. The van der Waals surface area contributed by atoms with E-state index in [1.807, 2.05) is 47.9 Å². The fourth-order valence-corrected chi connectivity index (χ4v) is 4.88. The van der Waals surface area contributed by atoms with Crippen molar-refractivity contribution in [2.75, 3.05) is 13.2 Å². The third-order valence-corrected chi connectivity index (χ3v) is 6.73. The van der Waals surface area contributed by atoms with Gasteiger partial charge in [0.1, 0.15) is 5.82 Å². The number of nitrogens with one attached hydrogen (secondary N) is 1. The van der Waals surface area contributed by atoms with Gasteiger partial charge in [-0.25, -0.2) is 0 Å². The second-order valence-corrected chi connectivity index (χ2v) is 9.31. The highest BCUT2D eigenvalue weighted by Crippen LogP contribution is 2.27. The van der Waals surface area contributed by atoms with Gasteiger partial charge in [-0.05, 0) is 43.3 Å². The third kappa shape index (κ3) is 5.07. The van der Waals surface area contributed by atoms with E-state index in [1.54, 1.807) is 11.3 Å². The summed E-state index contributed by atoms with van der Waals surface area (Å²) in [4.78, 5) is 13.8. The molecule has 3 heterocycles. The van der Waals surface area contributed by atoms with Crippen molar-refractivity contribution in [2.24, 2.45) is 0 Å². The Hall–Kier alpha value is -2.16. The van der Waals surface area contributed by atoms with E-state index < -0.39 is 0 Å². The van der Waals surface area contributed by atoms with E-state index in [0.717, 1.165) is 36.1 Å². The predicted molar refractivity (Wildman–Crippen MR) is 116 cm³/mol. The second-order valence-electron chi connectivity index (χ2n) is 6.97. The molecule has 29 heavy (non-hydrogen) atoms. The van der Waals surface area contributed by atoms with Gasteiger partial charge in [0.15, 0.2) is 5.16 Å². The van der Waals surface area contributed by atoms with Gasteiger partial charge in [-0.15, -0.1) is 21.5 Å². The zero-order valence-electron chi connectivity index (χ0n) is 16.3. The van der Waals surface area contributed by atoms with Gasteiger partial charge < -0.3 is 10.1 Å². The van der Waals surface area contributed by atoms with Crippen molar-refractivity contribution >= 4 is 29.0 Å². The Bertz CT molecular complexity index is 922. The molecule has 1 amide bonds. The lowest BCUT2D eigenvalue weighted by atomic mass is 10.2. The monoisotopic (exact) mass is 428 g/mol. The summed E-state index contributed by atoms with van der Waals surface area (Å²) in [6.07, 6.45) is 2.93. The molecule has 1 aliphatic rings. The van der Waals surface area contributed by atoms with Crippen LogP contribution in [-0.4, -0.2) is 45.2 Å². The first-order valence-corrected chi connectivity index (χ1v) is 11.5. The lowest BCUT2D eigenvalue weighted by Gasteiger charge is -2.15. The van der Waals surface area contributed by atoms with Crippen LogP contribution in [0.15, 0.2) is 53.0 Å². The zero-order valence-corrected chi connectivity index (χ0v) is 17.9. The summed E-state index contributed by atoms with van der Waals surface area (Å²) in [5, 5.41) is 14.4. The highest BCUT2D eigenvalue weighted by molar-refractivity contribution is 8.00. The molecular formula is C21H24N4O2S2. The second kappa shape index (κ2) is 9.56. The maximum Gasteiger partial charge on any atom is 0.233 e. The molecule has 0 saturated carbocycles. The summed E-state index contributed by atoms with van der Waals surface area (Å²) in [5.74, 6) is 0.862. The zero-order chi connectivity index (χ0) is 20.1. The Balaban J connectivity index is 1.50. The van der Waals surface area contributed by atoms with E-state index >= 15 is 0 Å². The number of aromatic nitrogens is 3. The molecule has 0 spiro atoms. The van der Waals surface area contributed by atoms with Crippen molar-refractivity contribution in [1.82, 2.24) is 20.1 Å². The van der Waals surface area contributed by atoms with Crippen LogP contribution in [0.25, 0.3) is 5.69 Å². The van der Waals surface area contributed by atoms with Crippen molar-refractivity contribution < 1.29 is 9.53 Å². The number of benzene rings is 1. The number of carbonyl (C=O) groups is 1. The molecule has 0 radical (unpaired) electrons. The molecule has 0 bridgehead atoms. The van der Waals surface area contributed by atoms with Gasteiger partial charge in [-0.3, -0.25) is 9.36 Å². The van der Waals surface area contributed by atoms with Gasteiger partial charge in [0.25, 0.3) is 0 Å². The lowest BCUT2D eigenvalue weighted by Crippen LogP contribution is -2.36. The van der Waals surface area contributed by atoms with E-state index in [9.17, 15) is 4.79 Å². The van der Waals surface area contributed by atoms with Crippen LogP contribution in [0.5, 0.6) is 0 Å². The van der Waals surface area contributed by atoms with Crippen LogP contribution >= 0.6 is 23.1 Å². The minimum absolute atomic E-state index is 0.00656. The third-order valence-electron chi connectivity index (χ3n) is 4.81. The molecule has 2 aromatic heterocycles. The summed E-state index contributed by atoms with van der Waals surface area (Å²) in [6.45, 7) is 3.26. The molecule has 2 unspecified atom stereocenters. The highest BCUT2D eigenvalue weighted by Gasteiger charge is 2.23. The molecule has 6 nitrogen and oxygen atoms in total. The standard InChI is InChI=1S/C21H24N4O2S2/c1-15(20(26)22-14-17-9-5-11-27-17)29-21-24-23-19(13-18-10-6-12-28-18)25(21)16-7-3-2-4-8-16/h2-4,6-8,10,12,15,17H,5,9,11,13-14H2,1H3,(H,22,26). The first-order chi connectivity index (χ1) is 14.2. The number of hydrogen-bond donors (Lipinski definition) is 1. The van der Waals surface area contributed by atoms with Crippen molar-refractivity contribution in [3.05, 3.63) is 58.5 Å². The molecule has 1 fully saturated rings. The Morgan fingerprint density at radius 1 is 1.31 bits per heavy atom. The van der Waals surface area contributed by atoms with Crippen molar-refractivity contribution in [3.8, 4) is 5.69 Å². The van der Waals surface area contributed by atoms with Gasteiger partial charge in [-0.2, -0.15) is 0 Å². The average molecular weight is 429 g/mol. The maximum atomic E-state index is 12.6. The van der Waals surface area contributed by atoms with Gasteiger partial charge in [-0.1, -0.05) is 36.0 Å². The fraction of sp³-hybridized carbons (Fsp3) is 0.381. The fourth-order valence-electron chi connectivity index (χ4n) is 3.27. The number of nitrogens with zero attached hydrogens (tertiary/aromatic N) is 3. The SMILES string of the molecule is CC(Sc1nnc(Cc2cccs2)n1-c1ccccc1)C(=O)NCC1CCCO1. The quantitative estimate of drug-likeness (QED) is 0.554. The van der Waals surface area contributed by atoms with Crippen molar-refractivity contribution in [1.29, 1.82) is 0 Å². The Labute approximate surface area is 178 Å². The number of thioether (sulfide) groups is 1. The number of carbonyl (C=O) groups excluding carboxylic acids is 1. The van der Waals surface area contributed by atoms with E-state index in [2.05, 4.69) is 27.0 Å². The number of para-hydroxylation sites is 1. The predicted octanol–water partition coefficient (Wildman–Crippen LogP) is 3.70. The summed E-state index contributed by atoms with van der Waals surface area (Å²) in [7, 11) is 0. The molecule has 3 aromatic rings. The molecule has 2 atom stereocenters. The first-order valence-electron chi connectivity index (χ1n) is 9.79. The number of rotatable bonds is 8. The van der Waals surface area contributed by atoms with Gasteiger partial charge >= 0.3 is 0 Å². The molecule has 1 N–H and O–H groups in total. The van der Waals surface area contributed by atoms with Crippen molar-refractivity contribution in [3.63, 3.8) is 0 Å². The smallest absolute Gasteiger partial charge is 0.233 e. The lowest BCUT2D eigenvalue weighted by molar-refractivity contribution is -0.120. The summed E-state index contributed by atoms with van der Waals surface area (Å²) < 4.78 is 7.63. The highest BCUT2D eigenvalue weighted by atomic mass is 32.2. The largest absolute Gasteiger partial charge is 0.376 e. The van der Waals surface area contributed by atoms with Crippen LogP contribution in [0.3, 0.4) is 0 Å². The molecule has 8 heteroatoms. The average Bonchev–Trinajstić information content (AvgIpc) is 3.50. The Kier molecular flexibility index (Phi) is 6.63. The molecule has 4 rings (SSSR count). The topological polar surface area (TPSA) is 69.0 Å². The Morgan fingerprint density at radius 2 is 2.17 bits per heavy atom. The molecule has 1 aliphatic heterocycles. The molecule has 1 saturated heterocycles. The van der Waals surface area contributed by atoms with Gasteiger partial charge in [0.05, 0.1) is 11.4 Å². The van der Waals surface area contributed by atoms with Crippen LogP contribution in [0.4, 0.5) is 0 Å². The number of thiophene rings is 1. The molecule has 1 aromatic carbocycles. The van der Waals surface area contributed by atoms with E-state index in [1.165, 1.54) is 16.6 Å².